The Morgan fingerprint density at radius 3 is 2.20 bits per heavy atom. The van der Waals surface area contributed by atoms with Crippen LogP contribution in [-0.2, 0) is 24.4 Å². The van der Waals surface area contributed by atoms with Gasteiger partial charge in [-0.15, -0.1) is 0 Å². The molecule has 0 unspecified atom stereocenters. The lowest BCUT2D eigenvalue weighted by molar-refractivity contribution is -0.134. The van der Waals surface area contributed by atoms with Gasteiger partial charge in [0.15, 0.2) is 6.79 Å². The van der Waals surface area contributed by atoms with Crippen molar-refractivity contribution in [1.29, 1.82) is 0 Å². The zero-order chi connectivity index (χ0) is 24.3. The molecule has 5 heteroatoms. The summed E-state index contributed by atoms with van der Waals surface area (Å²) < 4.78 is 21.6. The van der Waals surface area contributed by atoms with E-state index in [-0.39, 0.29) is 18.2 Å². The van der Waals surface area contributed by atoms with Crippen LogP contribution < -0.4 is 4.74 Å². The number of carbonyl (C=O) groups excluding carboxylic acids is 1. The quantitative estimate of drug-likeness (QED) is 0.182. The molecule has 0 radical (unpaired) electrons. The summed E-state index contributed by atoms with van der Waals surface area (Å²) in [5.74, 6) is 3.19. The first-order valence-corrected chi connectivity index (χ1v) is 12.8. The average Bonchev–Trinajstić information content (AvgIpc) is 2.87. The first-order valence-electron chi connectivity index (χ1n) is 12.8. The largest absolute Gasteiger partial charge is 0.467 e. The van der Waals surface area contributed by atoms with Gasteiger partial charge in [-0.1, -0.05) is 30.3 Å². The lowest BCUT2D eigenvalue weighted by atomic mass is 9.48. The molecule has 4 aliphatic carbocycles. The summed E-state index contributed by atoms with van der Waals surface area (Å²) >= 11 is 0. The molecule has 4 bridgehead atoms. The Labute approximate surface area is 208 Å². The first-order chi connectivity index (χ1) is 17.1. The number of rotatable bonds is 10. The van der Waals surface area contributed by atoms with Gasteiger partial charge in [0.05, 0.1) is 20.3 Å². The molecule has 186 valence electrons. The molecule has 0 spiro atoms. The molecule has 0 heterocycles. The van der Waals surface area contributed by atoms with Crippen LogP contribution in [0.25, 0.3) is 17.2 Å². The number of esters is 1. The second-order valence-corrected chi connectivity index (χ2v) is 10.6. The fourth-order valence-electron chi connectivity index (χ4n) is 7.02. The standard InChI is InChI=1S/C30H36O5/c1-32-11-12-34-20-35-28-9-8-26(25-6-3-21(4-7-25)5-10-29(31)33-2)16-27(28)30-17-22-13-23(18-30)15-24(14-22)19-30/h3-10,16,22-24H,11-15,17-20H2,1-2H3/b10-5+. The van der Waals surface area contributed by atoms with Crippen LogP contribution in [0.1, 0.15) is 49.7 Å². The summed E-state index contributed by atoms with van der Waals surface area (Å²) in [5.41, 5.74) is 4.91. The molecule has 0 N–H and O–H groups in total. The summed E-state index contributed by atoms with van der Waals surface area (Å²) in [5, 5.41) is 0. The van der Waals surface area contributed by atoms with Crippen LogP contribution in [-0.4, -0.2) is 40.2 Å². The van der Waals surface area contributed by atoms with Crippen LogP contribution >= 0.6 is 0 Å². The van der Waals surface area contributed by atoms with E-state index in [0.717, 1.165) is 34.6 Å². The van der Waals surface area contributed by atoms with Crippen molar-refractivity contribution in [2.45, 2.75) is 43.9 Å². The first kappa shape index (κ1) is 24.1. The predicted octanol–water partition coefficient (Wildman–Crippen LogP) is 6.01. The third kappa shape index (κ3) is 5.31. The molecule has 4 aliphatic rings. The Hall–Kier alpha value is -2.63. The molecule has 2 aromatic carbocycles. The summed E-state index contributed by atoms with van der Waals surface area (Å²) in [6.45, 7) is 1.33. The van der Waals surface area contributed by atoms with Gasteiger partial charge in [0.1, 0.15) is 5.75 Å². The Balaban J connectivity index is 1.42. The highest BCUT2D eigenvalue weighted by molar-refractivity contribution is 5.87. The highest BCUT2D eigenvalue weighted by Crippen LogP contribution is 2.62. The van der Waals surface area contributed by atoms with E-state index in [2.05, 4.69) is 35.1 Å². The smallest absolute Gasteiger partial charge is 0.330 e. The van der Waals surface area contributed by atoms with E-state index < -0.39 is 0 Å². The Morgan fingerprint density at radius 2 is 1.57 bits per heavy atom. The van der Waals surface area contributed by atoms with Crippen LogP contribution in [0.15, 0.2) is 48.5 Å². The van der Waals surface area contributed by atoms with E-state index >= 15 is 0 Å². The van der Waals surface area contributed by atoms with Gasteiger partial charge in [-0.25, -0.2) is 4.79 Å². The lowest BCUT2D eigenvalue weighted by Crippen LogP contribution is -2.48. The van der Waals surface area contributed by atoms with Crippen molar-refractivity contribution in [3.63, 3.8) is 0 Å². The van der Waals surface area contributed by atoms with Gasteiger partial charge in [-0.05, 0) is 96.6 Å². The van der Waals surface area contributed by atoms with E-state index in [1.807, 2.05) is 12.1 Å². The topological polar surface area (TPSA) is 54.0 Å². The van der Waals surface area contributed by atoms with Crippen LogP contribution in [0.4, 0.5) is 0 Å². The van der Waals surface area contributed by atoms with Crippen molar-refractivity contribution in [2.24, 2.45) is 17.8 Å². The monoisotopic (exact) mass is 476 g/mol. The minimum Gasteiger partial charge on any atom is -0.467 e. The Kier molecular flexibility index (Phi) is 7.26. The number of ether oxygens (including phenoxy) is 4. The van der Waals surface area contributed by atoms with Crippen molar-refractivity contribution in [3.05, 3.63) is 59.7 Å². The van der Waals surface area contributed by atoms with Gasteiger partial charge in [0.2, 0.25) is 0 Å². The fraction of sp³-hybridized carbons (Fsp3) is 0.500. The van der Waals surface area contributed by atoms with Gasteiger partial charge < -0.3 is 18.9 Å². The number of hydrogen-bond acceptors (Lipinski definition) is 5. The summed E-state index contributed by atoms with van der Waals surface area (Å²) in [7, 11) is 3.06. The van der Waals surface area contributed by atoms with Gasteiger partial charge in [0.25, 0.3) is 0 Å². The van der Waals surface area contributed by atoms with Crippen LogP contribution in [0, 0.1) is 17.8 Å². The maximum absolute atomic E-state index is 11.4. The third-order valence-electron chi connectivity index (χ3n) is 8.18. The van der Waals surface area contributed by atoms with Crippen molar-refractivity contribution >= 4 is 12.0 Å². The molecule has 4 fully saturated rings. The highest BCUT2D eigenvalue weighted by Gasteiger charge is 2.52. The second kappa shape index (κ2) is 10.5. The second-order valence-electron chi connectivity index (χ2n) is 10.6. The van der Waals surface area contributed by atoms with Gasteiger partial charge in [0, 0.05) is 18.7 Å². The number of hydrogen-bond donors (Lipinski definition) is 0. The van der Waals surface area contributed by atoms with E-state index in [1.165, 1.54) is 62.8 Å². The van der Waals surface area contributed by atoms with Crippen molar-refractivity contribution in [2.75, 3.05) is 34.2 Å². The number of carbonyl (C=O) groups is 1. The van der Waals surface area contributed by atoms with Crippen LogP contribution in [0.3, 0.4) is 0 Å². The minimum atomic E-state index is -0.351. The molecule has 0 amide bonds. The fourth-order valence-corrected chi connectivity index (χ4v) is 7.02. The average molecular weight is 477 g/mol. The minimum absolute atomic E-state index is 0.218. The normalized spacial score (nSPS) is 26.9. The lowest BCUT2D eigenvalue weighted by Gasteiger charge is -2.57. The summed E-state index contributed by atoms with van der Waals surface area (Å²) in [6, 6.07) is 15.0. The Morgan fingerprint density at radius 1 is 0.914 bits per heavy atom. The van der Waals surface area contributed by atoms with Crippen molar-refractivity contribution in [3.8, 4) is 16.9 Å². The molecule has 4 saturated carbocycles. The predicted molar refractivity (Wildman–Crippen MR) is 136 cm³/mol. The Bertz CT molecular complexity index is 1020. The molecule has 0 atom stereocenters. The number of methoxy groups -OCH3 is 2. The summed E-state index contributed by atoms with van der Waals surface area (Å²) in [4.78, 5) is 11.4. The van der Waals surface area contributed by atoms with E-state index in [1.54, 1.807) is 13.2 Å². The SMILES string of the molecule is COCCOCOc1ccc(-c2ccc(/C=C/C(=O)OC)cc2)cc1C12CC3CC(CC(C3)C1)C2. The molecule has 2 aromatic rings. The number of benzene rings is 2. The van der Waals surface area contributed by atoms with Crippen molar-refractivity contribution in [1.82, 2.24) is 0 Å². The third-order valence-corrected chi connectivity index (χ3v) is 8.18. The maximum Gasteiger partial charge on any atom is 0.330 e. The van der Waals surface area contributed by atoms with Gasteiger partial charge in [-0.2, -0.15) is 0 Å². The van der Waals surface area contributed by atoms with E-state index in [9.17, 15) is 4.79 Å². The molecule has 35 heavy (non-hydrogen) atoms. The van der Waals surface area contributed by atoms with Crippen LogP contribution in [0.5, 0.6) is 5.75 Å². The molecule has 6 rings (SSSR count). The molecule has 5 nitrogen and oxygen atoms in total. The zero-order valence-electron chi connectivity index (χ0n) is 20.8. The molecule has 0 aliphatic heterocycles. The van der Waals surface area contributed by atoms with Gasteiger partial charge in [-0.3, -0.25) is 0 Å². The maximum atomic E-state index is 11.4. The molecular formula is C30H36O5. The highest BCUT2D eigenvalue weighted by atomic mass is 16.7. The van der Waals surface area contributed by atoms with Crippen LogP contribution in [0.2, 0.25) is 0 Å². The zero-order valence-corrected chi connectivity index (χ0v) is 20.8. The van der Waals surface area contributed by atoms with E-state index in [4.69, 9.17) is 14.2 Å². The van der Waals surface area contributed by atoms with Gasteiger partial charge >= 0.3 is 5.97 Å². The van der Waals surface area contributed by atoms with Crippen molar-refractivity contribution < 1.29 is 23.7 Å². The molecule has 0 saturated heterocycles. The molecule has 0 aromatic heterocycles. The molecular weight excluding hydrogens is 440 g/mol. The summed E-state index contributed by atoms with van der Waals surface area (Å²) in [6.07, 6.45) is 11.3. The van der Waals surface area contributed by atoms with E-state index in [0.29, 0.717) is 13.2 Å².